The van der Waals surface area contributed by atoms with Gasteiger partial charge in [0, 0.05) is 6.20 Å². The van der Waals surface area contributed by atoms with Gasteiger partial charge in [-0.15, -0.1) is 0 Å². The average Bonchev–Trinajstić information content (AvgIpc) is 2.61. The maximum atomic E-state index is 11.8. The van der Waals surface area contributed by atoms with Gasteiger partial charge >= 0.3 is 5.97 Å². The number of hydrogen-bond acceptors (Lipinski definition) is 3. The topological polar surface area (TPSA) is 53.4 Å². The van der Waals surface area contributed by atoms with Crippen molar-refractivity contribution in [2.24, 2.45) is 0 Å². The second-order valence-corrected chi connectivity index (χ2v) is 7.18. The summed E-state index contributed by atoms with van der Waals surface area (Å²) in [4.78, 5) is 18.4. The number of aromatic nitrogens is 1. The Bertz CT molecular complexity index is 765. The van der Waals surface area contributed by atoms with Gasteiger partial charge < -0.3 is 5.11 Å². The molecule has 4 nitrogen and oxygen atoms in total. The van der Waals surface area contributed by atoms with E-state index in [0.717, 1.165) is 29.7 Å². The van der Waals surface area contributed by atoms with Gasteiger partial charge in [0.1, 0.15) is 6.04 Å². The molecule has 1 fully saturated rings. The Kier molecular flexibility index (Phi) is 5.62. The van der Waals surface area contributed by atoms with Crippen LogP contribution < -0.4 is 0 Å². The van der Waals surface area contributed by atoms with E-state index in [1.54, 1.807) is 12.3 Å². The lowest BCUT2D eigenvalue weighted by Gasteiger charge is -2.39. The van der Waals surface area contributed by atoms with Crippen molar-refractivity contribution in [1.29, 1.82) is 0 Å². The summed E-state index contributed by atoms with van der Waals surface area (Å²) >= 11 is 12.7. The number of carbonyl (C=O) groups is 1. The first kappa shape index (κ1) is 18.2. The molecule has 1 aliphatic heterocycles. The Morgan fingerprint density at radius 1 is 1.28 bits per heavy atom. The van der Waals surface area contributed by atoms with Crippen LogP contribution in [0.5, 0.6) is 0 Å². The number of carboxylic acids is 1. The van der Waals surface area contributed by atoms with Crippen molar-refractivity contribution in [1.82, 2.24) is 9.88 Å². The Balaban J connectivity index is 2.12. The molecule has 0 aliphatic carbocycles. The minimum absolute atomic E-state index is 0.340. The normalized spacial score (nSPS) is 19.6. The van der Waals surface area contributed by atoms with Gasteiger partial charge in [-0.1, -0.05) is 47.8 Å². The number of benzene rings is 1. The van der Waals surface area contributed by atoms with Crippen LogP contribution in [-0.2, 0) is 4.79 Å². The Morgan fingerprint density at radius 3 is 2.76 bits per heavy atom. The highest BCUT2D eigenvalue weighted by molar-refractivity contribution is 6.42. The van der Waals surface area contributed by atoms with Gasteiger partial charge in [-0.05, 0) is 49.6 Å². The van der Waals surface area contributed by atoms with E-state index in [2.05, 4.69) is 4.98 Å². The van der Waals surface area contributed by atoms with Gasteiger partial charge in [-0.3, -0.25) is 14.7 Å². The van der Waals surface area contributed by atoms with Crippen LogP contribution in [0.4, 0.5) is 0 Å². The van der Waals surface area contributed by atoms with E-state index in [1.807, 2.05) is 36.1 Å². The van der Waals surface area contributed by atoms with Gasteiger partial charge in [0.15, 0.2) is 0 Å². The second kappa shape index (κ2) is 7.73. The van der Waals surface area contributed by atoms with E-state index in [1.165, 1.54) is 0 Å². The lowest BCUT2D eigenvalue weighted by Crippen LogP contribution is -2.47. The highest BCUT2D eigenvalue weighted by Crippen LogP contribution is 2.39. The van der Waals surface area contributed by atoms with Crippen LogP contribution >= 0.6 is 23.2 Å². The van der Waals surface area contributed by atoms with Crippen LogP contribution in [0.15, 0.2) is 36.5 Å². The fourth-order valence-corrected chi connectivity index (χ4v) is 3.82. The molecule has 6 heteroatoms. The molecule has 2 aromatic rings. The fourth-order valence-electron chi connectivity index (χ4n) is 3.41. The summed E-state index contributed by atoms with van der Waals surface area (Å²) in [5.74, 6) is -0.810. The lowest BCUT2D eigenvalue weighted by atomic mass is 9.94. The summed E-state index contributed by atoms with van der Waals surface area (Å²) in [6.45, 7) is 2.65. The molecule has 3 rings (SSSR count). The zero-order valence-electron chi connectivity index (χ0n) is 14.0. The molecule has 1 aliphatic rings. The molecule has 132 valence electrons. The quantitative estimate of drug-likeness (QED) is 0.835. The van der Waals surface area contributed by atoms with Crippen molar-refractivity contribution in [2.75, 3.05) is 6.54 Å². The molecule has 25 heavy (non-hydrogen) atoms. The maximum Gasteiger partial charge on any atom is 0.320 e. The number of aryl methyl sites for hydroxylation is 1. The van der Waals surface area contributed by atoms with Gasteiger partial charge in [0.2, 0.25) is 0 Å². The zero-order valence-corrected chi connectivity index (χ0v) is 15.5. The van der Waals surface area contributed by atoms with Gasteiger partial charge in [-0.2, -0.15) is 0 Å². The molecule has 0 radical (unpaired) electrons. The standard InChI is InChI=1S/C19H20Cl2N2O2/c1-12-8-9-15(22-11-12)18(13-5-4-6-14(20)17(13)21)23-10-3-2-7-16(23)19(24)25/h4-6,8-9,11,16,18H,2-3,7,10H2,1H3,(H,24,25). The van der Waals surface area contributed by atoms with Crippen molar-refractivity contribution in [3.8, 4) is 0 Å². The van der Waals surface area contributed by atoms with E-state index in [9.17, 15) is 9.90 Å². The smallest absolute Gasteiger partial charge is 0.320 e. The average molecular weight is 379 g/mol. The predicted molar refractivity (Wildman–Crippen MR) is 99.3 cm³/mol. The number of carboxylic acid groups (broad SMARTS) is 1. The van der Waals surface area contributed by atoms with E-state index < -0.39 is 12.0 Å². The van der Waals surface area contributed by atoms with E-state index in [-0.39, 0.29) is 6.04 Å². The zero-order chi connectivity index (χ0) is 18.0. The van der Waals surface area contributed by atoms with Crippen LogP contribution in [0.25, 0.3) is 0 Å². The predicted octanol–water partition coefficient (Wildman–Crippen LogP) is 4.73. The van der Waals surface area contributed by atoms with Crippen molar-refractivity contribution in [2.45, 2.75) is 38.3 Å². The van der Waals surface area contributed by atoms with Crippen LogP contribution in [0, 0.1) is 6.92 Å². The number of piperidine rings is 1. The maximum absolute atomic E-state index is 11.8. The highest BCUT2D eigenvalue weighted by atomic mass is 35.5. The third-order valence-corrected chi connectivity index (χ3v) is 5.48. The number of nitrogens with zero attached hydrogens (tertiary/aromatic N) is 2. The number of rotatable bonds is 4. The number of pyridine rings is 1. The summed E-state index contributed by atoms with van der Waals surface area (Å²) in [6, 6.07) is 8.49. The summed E-state index contributed by atoms with van der Waals surface area (Å²) < 4.78 is 0. The van der Waals surface area contributed by atoms with E-state index in [0.29, 0.717) is 23.0 Å². The van der Waals surface area contributed by atoms with E-state index >= 15 is 0 Å². The summed E-state index contributed by atoms with van der Waals surface area (Å²) in [6.07, 6.45) is 4.27. The molecule has 0 amide bonds. The lowest BCUT2D eigenvalue weighted by molar-refractivity contribution is -0.145. The fraction of sp³-hybridized carbons (Fsp3) is 0.368. The highest BCUT2D eigenvalue weighted by Gasteiger charge is 2.36. The second-order valence-electron chi connectivity index (χ2n) is 6.39. The first-order valence-corrected chi connectivity index (χ1v) is 9.09. The van der Waals surface area contributed by atoms with Crippen LogP contribution in [0.2, 0.25) is 10.0 Å². The molecule has 0 bridgehead atoms. The van der Waals surface area contributed by atoms with Crippen LogP contribution in [0.1, 0.15) is 42.1 Å². The number of halogens is 2. The summed E-state index contributed by atoms with van der Waals surface area (Å²) in [5, 5.41) is 10.6. The van der Waals surface area contributed by atoms with Crippen LogP contribution in [0.3, 0.4) is 0 Å². The SMILES string of the molecule is Cc1ccc(C(c2cccc(Cl)c2Cl)N2CCCCC2C(=O)O)nc1. The number of hydrogen-bond donors (Lipinski definition) is 1. The Hall–Kier alpha value is -1.62. The molecular weight excluding hydrogens is 359 g/mol. The minimum Gasteiger partial charge on any atom is -0.480 e. The van der Waals surface area contributed by atoms with Crippen LogP contribution in [-0.4, -0.2) is 33.5 Å². The molecule has 1 aromatic carbocycles. The molecule has 1 N–H and O–H groups in total. The largest absolute Gasteiger partial charge is 0.480 e. The first-order valence-electron chi connectivity index (χ1n) is 8.34. The molecular formula is C19H20Cl2N2O2. The molecule has 2 atom stereocenters. The van der Waals surface area contributed by atoms with Gasteiger partial charge in [0.05, 0.1) is 21.8 Å². The minimum atomic E-state index is -0.810. The van der Waals surface area contributed by atoms with Gasteiger partial charge in [-0.25, -0.2) is 0 Å². The molecule has 0 spiro atoms. The Labute approximate surface area is 157 Å². The summed E-state index contributed by atoms with van der Waals surface area (Å²) in [7, 11) is 0. The number of likely N-dealkylation sites (tertiary alicyclic amines) is 1. The molecule has 2 unspecified atom stereocenters. The molecule has 0 saturated carbocycles. The molecule has 1 saturated heterocycles. The molecule has 1 aromatic heterocycles. The van der Waals surface area contributed by atoms with Gasteiger partial charge in [0.25, 0.3) is 0 Å². The van der Waals surface area contributed by atoms with Crippen molar-refractivity contribution >= 4 is 29.2 Å². The first-order chi connectivity index (χ1) is 12.0. The Morgan fingerprint density at radius 2 is 2.08 bits per heavy atom. The molecule has 2 heterocycles. The number of aliphatic carboxylic acids is 1. The summed E-state index contributed by atoms with van der Waals surface area (Å²) in [5.41, 5.74) is 2.62. The van der Waals surface area contributed by atoms with Crippen molar-refractivity contribution in [3.63, 3.8) is 0 Å². The third kappa shape index (κ3) is 3.81. The van der Waals surface area contributed by atoms with Crippen molar-refractivity contribution < 1.29 is 9.90 Å². The van der Waals surface area contributed by atoms with E-state index in [4.69, 9.17) is 23.2 Å². The monoisotopic (exact) mass is 378 g/mol. The van der Waals surface area contributed by atoms with Crippen molar-refractivity contribution in [3.05, 3.63) is 63.4 Å². The third-order valence-electron chi connectivity index (χ3n) is 4.65.